The van der Waals surface area contributed by atoms with Crippen LogP contribution in [0.1, 0.15) is 34.1 Å². The minimum absolute atomic E-state index is 0.207. The molecule has 0 amide bonds. The maximum atomic E-state index is 9.18. The van der Waals surface area contributed by atoms with Gasteiger partial charge in [-0.1, -0.05) is 6.92 Å². The molecule has 2 heteroatoms. The number of rotatable bonds is 1. The van der Waals surface area contributed by atoms with Gasteiger partial charge in [0, 0.05) is 18.1 Å². The highest BCUT2D eigenvalue weighted by atomic mass is 16.3. The van der Waals surface area contributed by atoms with Gasteiger partial charge < -0.3 is 5.11 Å². The Morgan fingerprint density at radius 1 is 1.42 bits per heavy atom. The topological polar surface area (TPSA) is 23.5 Å². The largest absolute Gasteiger partial charge is 0.395 e. The lowest BCUT2D eigenvalue weighted by Gasteiger charge is -2.36. The minimum atomic E-state index is 0.207. The molecule has 0 saturated carbocycles. The molecule has 0 bridgehead atoms. The summed E-state index contributed by atoms with van der Waals surface area (Å²) in [6.45, 7) is 10.3. The SMILES string of the molecule is CC1CC(CO)N(C(C)(C)C)C1. The molecule has 1 fully saturated rings. The summed E-state index contributed by atoms with van der Waals surface area (Å²) in [4.78, 5) is 2.41. The van der Waals surface area contributed by atoms with Crippen LogP contribution in [0.15, 0.2) is 0 Å². The molecular formula is C10H21NO. The number of likely N-dealkylation sites (tertiary alicyclic amines) is 1. The Kier molecular flexibility index (Phi) is 2.79. The van der Waals surface area contributed by atoms with Crippen LogP contribution in [-0.4, -0.2) is 34.7 Å². The van der Waals surface area contributed by atoms with Crippen molar-refractivity contribution in [2.45, 2.75) is 45.7 Å². The monoisotopic (exact) mass is 171 g/mol. The van der Waals surface area contributed by atoms with Gasteiger partial charge in [-0.15, -0.1) is 0 Å². The molecule has 1 aliphatic heterocycles. The third kappa shape index (κ3) is 1.99. The van der Waals surface area contributed by atoms with Crippen molar-refractivity contribution < 1.29 is 5.11 Å². The first-order chi connectivity index (χ1) is 5.45. The standard InChI is InChI=1S/C10H21NO/c1-8-5-9(7-12)11(6-8)10(2,3)4/h8-9,12H,5-7H2,1-4H3. The van der Waals surface area contributed by atoms with E-state index in [0.29, 0.717) is 12.6 Å². The van der Waals surface area contributed by atoms with Gasteiger partial charge in [-0.3, -0.25) is 4.90 Å². The first-order valence-electron chi connectivity index (χ1n) is 4.82. The molecule has 0 aromatic heterocycles. The fourth-order valence-corrected chi connectivity index (χ4v) is 2.15. The molecule has 2 nitrogen and oxygen atoms in total. The normalized spacial score (nSPS) is 32.8. The fraction of sp³-hybridized carbons (Fsp3) is 1.00. The Balaban J connectivity index is 2.64. The van der Waals surface area contributed by atoms with Crippen molar-refractivity contribution in [1.82, 2.24) is 4.90 Å². The molecule has 12 heavy (non-hydrogen) atoms. The van der Waals surface area contributed by atoms with Crippen LogP contribution < -0.4 is 0 Å². The van der Waals surface area contributed by atoms with Crippen LogP contribution in [0.2, 0.25) is 0 Å². The summed E-state index contributed by atoms with van der Waals surface area (Å²) in [6.07, 6.45) is 1.15. The molecule has 0 spiro atoms. The molecule has 72 valence electrons. The van der Waals surface area contributed by atoms with E-state index in [9.17, 15) is 5.11 Å². The third-order valence-corrected chi connectivity index (χ3v) is 2.70. The first kappa shape index (κ1) is 10.0. The van der Waals surface area contributed by atoms with Crippen molar-refractivity contribution in [3.05, 3.63) is 0 Å². The van der Waals surface area contributed by atoms with Crippen LogP contribution >= 0.6 is 0 Å². The molecule has 0 aromatic rings. The van der Waals surface area contributed by atoms with Gasteiger partial charge in [0.1, 0.15) is 0 Å². The average Bonchev–Trinajstić information content (AvgIpc) is 2.29. The Hall–Kier alpha value is -0.0800. The number of aliphatic hydroxyl groups excluding tert-OH is 1. The van der Waals surface area contributed by atoms with E-state index in [1.807, 2.05) is 0 Å². The smallest absolute Gasteiger partial charge is 0.0587 e. The Morgan fingerprint density at radius 2 is 2.00 bits per heavy atom. The number of hydrogen-bond acceptors (Lipinski definition) is 2. The van der Waals surface area contributed by atoms with Crippen LogP contribution in [0.25, 0.3) is 0 Å². The number of aliphatic hydroxyl groups is 1. The van der Waals surface area contributed by atoms with E-state index in [2.05, 4.69) is 32.6 Å². The lowest BCUT2D eigenvalue weighted by Crippen LogP contribution is -2.46. The van der Waals surface area contributed by atoms with E-state index in [0.717, 1.165) is 18.9 Å². The summed E-state index contributed by atoms with van der Waals surface area (Å²) >= 11 is 0. The van der Waals surface area contributed by atoms with E-state index >= 15 is 0 Å². The lowest BCUT2D eigenvalue weighted by atomic mass is 10.1. The summed E-state index contributed by atoms with van der Waals surface area (Å²) in [6, 6.07) is 0.389. The van der Waals surface area contributed by atoms with Gasteiger partial charge >= 0.3 is 0 Å². The third-order valence-electron chi connectivity index (χ3n) is 2.70. The predicted octanol–water partition coefficient (Wildman–Crippen LogP) is 1.49. The summed E-state index contributed by atoms with van der Waals surface area (Å²) < 4.78 is 0. The molecule has 0 radical (unpaired) electrons. The Bertz CT molecular complexity index is 150. The second-order valence-electron chi connectivity index (χ2n) is 5.00. The number of nitrogens with zero attached hydrogens (tertiary/aromatic N) is 1. The van der Waals surface area contributed by atoms with Gasteiger partial charge in [-0.2, -0.15) is 0 Å². The van der Waals surface area contributed by atoms with E-state index in [-0.39, 0.29) is 5.54 Å². The zero-order valence-corrected chi connectivity index (χ0v) is 8.67. The van der Waals surface area contributed by atoms with E-state index < -0.39 is 0 Å². The van der Waals surface area contributed by atoms with Crippen molar-refractivity contribution in [2.75, 3.05) is 13.2 Å². The molecule has 1 aliphatic rings. The van der Waals surface area contributed by atoms with E-state index in [1.54, 1.807) is 0 Å². The van der Waals surface area contributed by atoms with Crippen molar-refractivity contribution in [2.24, 2.45) is 5.92 Å². The highest BCUT2D eigenvalue weighted by Gasteiger charge is 2.35. The van der Waals surface area contributed by atoms with Crippen LogP contribution in [-0.2, 0) is 0 Å². The number of hydrogen-bond donors (Lipinski definition) is 1. The maximum absolute atomic E-state index is 9.18. The average molecular weight is 171 g/mol. The quantitative estimate of drug-likeness (QED) is 0.646. The highest BCUT2D eigenvalue weighted by molar-refractivity contribution is 4.90. The van der Waals surface area contributed by atoms with Crippen molar-refractivity contribution >= 4 is 0 Å². The minimum Gasteiger partial charge on any atom is -0.395 e. The Labute approximate surface area is 75.6 Å². The highest BCUT2D eigenvalue weighted by Crippen LogP contribution is 2.29. The van der Waals surface area contributed by atoms with Crippen LogP contribution in [0.4, 0.5) is 0 Å². The van der Waals surface area contributed by atoms with Gasteiger partial charge in [-0.25, -0.2) is 0 Å². The second-order valence-corrected chi connectivity index (χ2v) is 5.00. The molecule has 1 rings (SSSR count). The van der Waals surface area contributed by atoms with Gasteiger partial charge in [0.25, 0.3) is 0 Å². The Morgan fingerprint density at radius 3 is 2.33 bits per heavy atom. The summed E-state index contributed by atoms with van der Waals surface area (Å²) in [7, 11) is 0. The zero-order chi connectivity index (χ0) is 9.35. The lowest BCUT2D eigenvalue weighted by molar-refractivity contribution is 0.0795. The molecule has 1 heterocycles. The summed E-state index contributed by atoms with van der Waals surface area (Å²) in [5.41, 5.74) is 0.207. The predicted molar refractivity (Wildman–Crippen MR) is 51.1 cm³/mol. The molecule has 0 aromatic carbocycles. The summed E-state index contributed by atoms with van der Waals surface area (Å²) in [5.74, 6) is 0.737. The van der Waals surface area contributed by atoms with Crippen molar-refractivity contribution in [3.63, 3.8) is 0 Å². The van der Waals surface area contributed by atoms with Gasteiger partial charge in [0.05, 0.1) is 6.61 Å². The molecule has 1 N–H and O–H groups in total. The van der Waals surface area contributed by atoms with E-state index in [1.165, 1.54) is 0 Å². The van der Waals surface area contributed by atoms with Crippen molar-refractivity contribution in [1.29, 1.82) is 0 Å². The van der Waals surface area contributed by atoms with Gasteiger partial charge in [-0.05, 0) is 33.1 Å². The van der Waals surface area contributed by atoms with Crippen LogP contribution in [0.3, 0.4) is 0 Å². The maximum Gasteiger partial charge on any atom is 0.0587 e. The molecule has 2 unspecified atom stereocenters. The second kappa shape index (κ2) is 3.35. The summed E-state index contributed by atoms with van der Waals surface area (Å²) in [5, 5.41) is 9.18. The van der Waals surface area contributed by atoms with Crippen LogP contribution in [0, 0.1) is 5.92 Å². The molecule has 2 atom stereocenters. The van der Waals surface area contributed by atoms with Gasteiger partial charge in [0.2, 0.25) is 0 Å². The molecule has 1 saturated heterocycles. The molecule has 0 aliphatic carbocycles. The fourth-order valence-electron chi connectivity index (χ4n) is 2.15. The van der Waals surface area contributed by atoms with Crippen LogP contribution in [0.5, 0.6) is 0 Å². The zero-order valence-electron chi connectivity index (χ0n) is 8.67. The van der Waals surface area contributed by atoms with Gasteiger partial charge in [0.15, 0.2) is 0 Å². The first-order valence-corrected chi connectivity index (χ1v) is 4.82. The van der Waals surface area contributed by atoms with Crippen molar-refractivity contribution in [3.8, 4) is 0 Å². The molecular weight excluding hydrogens is 150 g/mol. The van der Waals surface area contributed by atoms with E-state index in [4.69, 9.17) is 0 Å².